The summed E-state index contributed by atoms with van der Waals surface area (Å²) in [5.74, 6) is -0.112. The summed E-state index contributed by atoms with van der Waals surface area (Å²) >= 11 is 0. The molecule has 0 bridgehead atoms. The molecular weight excluding hydrogens is 320 g/mol. The molecule has 1 saturated carbocycles. The Balaban J connectivity index is 1.77. The highest BCUT2D eigenvalue weighted by Crippen LogP contribution is 2.29. The summed E-state index contributed by atoms with van der Waals surface area (Å²) in [6.07, 6.45) is 7.40. The van der Waals surface area contributed by atoms with Gasteiger partial charge in [0.25, 0.3) is 5.91 Å². The number of aryl methyl sites for hydroxylation is 1. The van der Waals surface area contributed by atoms with E-state index < -0.39 is 5.60 Å². The first-order chi connectivity index (χ1) is 11.9. The van der Waals surface area contributed by atoms with Crippen molar-refractivity contribution in [3.8, 4) is 0 Å². The van der Waals surface area contributed by atoms with Crippen LogP contribution in [-0.2, 0) is 12.1 Å². The average Bonchev–Trinajstić information content (AvgIpc) is 3.24. The molecule has 2 heterocycles. The maximum Gasteiger partial charge on any atom is 0.269 e. The van der Waals surface area contributed by atoms with E-state index in [1.54, 1.807) is 41.7 Å². The minimum absolute atomic E-state index is 0.0159. The third-order valence-electron chi connectivity index (χ3n) is 4.77. The summed E-state index contributed by atoms with van der Waals surface area (Å²) in [7, 11) is 0. The van der Waals surface area contributed by atoms with E-state index in [0.717, 1.165) is 25.7 Å². The first-order valence-corrected chi connectivity index (χ1v) is 8.87. The summed E-state index contributed by atoms with van der Waals surface area (Å²) in [6.45, 7) is 5.99. The lowest BCUT2D eigenvalue weighted by Gasteiger charge is -2.32. The summed E-state index contributed by atoms with van der Waals surface area (Å²) in [6, 6.07) is 1.76. The van der Waals surface area contributed by atoms with Crippen LogP contribution in [-0.4, -0.2) is 41.8 Å². The van der Waals surface area contributed by atoms with Crippen molar-refractivity contribution in [3.63, 3.8) is 0 Å². The normalized spacial score (nSPS) is 21.3. The molecule has 1 amide bonds. The number of hydrogen-bond acceptors (Lipinski definition) is 5. The second kappa shape index (κ2) is 6.95. The Morgan fingerprint density at radius 1 is 1.40 bits per heavy atom. The molecule has 0 unspecified atom stereocenters. The van der Waals surface area contributed by atoms with Gasteiger partial charge < -0.3 is 10.4 Å². The number of carbonyl (C=O) groups excluding carboxylic acids is 1. The van der Waals surface area contributed by atoms with Gasteiger partial charge >= 0.3 is 0 Å². The number of nitrogens with zero attached hydrogens (tertiary/aromatic N) is 5. The van der Waals surface area contributed by atoms with Crippen molar-refractivity contribution in [2.45, 2.75) is 70.7 Å². The molecule has 2 aromatic heterocycles. The predicted molar refractivity (Wildman–Crippen MR) is 91.9 cm³/mol. The van der Waals surface area contributed by atoms with Crippen molar-refractivity contribution in [1.29, 1.82) is 0 Å². The van der Waals surface area contributed by atoms with Crippen molar-refractivity contribution in [1.82, 2.24) is 30.1 Å². The molecule has 1 aliphatic carbocycles. The third kappa shape index (κ3) is 3.73. The quantitative estimate of drug-likeness (QED) is 0.857. The van der Waals surface area contributed by atoms with Gasteiger partial charge in [-0.25, -0.2) is 4.68 Å². The summed E-state index contributed by atoms with van der Waals surface area (Å²) < 4.78 is 3.48. The molecule has 1 aliphatic rings. The number of nitrogens with one attached hydrogen (secondary N) is 1. The zero-order valence-electron chi connectivity index (χ0n) is 15.0. The molecule has 3 rings (SSSR count). The zero-order valence-corrected chi connectivity index (χ0v) is 15.0. The predicted octanol–water partition coefficient (Wildman–Crippen LogP) is 1.64. The van der Waals surface area contributed by atoms with Crippen LogP contribution in [0.25, 0.3) is 0 Å². The monoisotopic (exact) mass is 346 g/mol. The first kappa shape index (κ1) is 17.6. The van der Waals surface area contributed by atoms with Crippen LogP contribution in [0.5, 0.6) is 0 Å². The Hall–Kier alpha value is -2.22. The van der Waals surface area contributed by atoms with Crippen LogP contribution < -0.4 is 5.32 Å². The molecule has 0 aliphatic heterocycles. The SMILES string of the molecule is CCn1nccc1C(=O)N[C@H]1CCCC[C@H]1n1cc(C(C)(C)O)nn1. The van der Waals surface area contributed by atoms with Crippen molar-refractivity contribution in [2.24, 2.45) is 0 Å². The number of aromatic nitrogens is 5. The summed E-state index contributed by atoms with van der Waals surface area (Å²) in [4.78, 5) is 12.6. The summed E-state index contributed by atoms with van der Waals surface area (Å²) in [5, 5.41) is 25.7. The van der Waals surface area contributed by atoms with Crippen molar-refractivity contribution in [2.75, 3.05) is 0 Å². The molecule has 2 aromatic rings. The second-order valence-corrected chi connectivity index (χ2v) is 7.11. The third-order valence-corrected chi connectivity index (χ3v) is 4.77. The van der Waals surface area contributed by atoms with Crippen molar-refractivity contribution in [3.05, 3.63) is 29.8 Å². The molecule has 0 spiro atoms. The summed E-state index contributed by atoms with van der Waals surface area (Å²) in [5.41, 5.74) is 0.0778. The molecule has 8 nitrogen and oxygen atoms in total. The molecule has 2 N–H and O–H groups in total. The Bertz CT molecular complexity index is 730. The average molecular weight is 346 g/mol. The number of amides is 1. The Morgan fingerprint density at radius 2 is 2.16 bits per heavy atom. The smallest absolute Gasteiger partial charge is 0.269 e. The fraction of sp³-hybridized carbons (Fsp3) is 0.647. The van der Waals surface area contributed by atoms with E-state index in [0.29, 0.717) is 17.9 Å². The van der Waals surface area contributed by atoms with E-state index in [1.165, 1.54) is 0 Å². The van der Waals surface area contributed by atoms with E-state index in [4.69, 9.17) is 0 Å². The van der Waals surface area contributed by atoms with Gasteiger partial charge in [0.2, 0.25) is 0 Å². The van der Waals surface area contributed by atoms with Gasteiger partial charge in [0.1, 0.15) is 17.0 Å². The van der Waals surface area contributed by atoms with E-state index in [2.05, 4.69) is 20.7 Å². The lowest BCUT2D eigenvalue weighted by Crippen LogP contribution is -2.43. The van der Waals surface area contributed by atoms with E-state index in [1.807, 2.05) is 6.92 Å². The van der Waals surface area contributed by atoms with Crippen LogP contribution in [0.4, 0.5) is 0 Å². The van der Waals surface area contributed by atoms with Crippen LogP contribution >= 0.6 is 0 Å². The molecule has 25 heavy (non-hydrogen) atoms. The van der Waals surface area contributed by atoms with Gasteiger partial charge in [-0.1, -0.05) is 18.1 Å². The first-order valence-electron chi connectivity index (χ1n) is 8.87. The molecule has 0 saturated heterocycles. The van der Waals surface area contributed by atoms with Gasteiger partial charge in [0, 0.05) is 12.7 Å². The standard InChI is InChI=1S/C17H26N6O2/c1-4-22-14(9-10-18-22)16(24)19-12-7-5-6-8-13(12)23-11-15(20-21-23)17(2,3)25/h9-13,25H,4-8H2,1-3H3,(H,19,24)/t12-,13+/m0/s1. The largest absolute Gasteiger partial charge is 0.384 e. The van der Waals surface area contributed by atoms with Gasteiger partial charge in [-0.05, 0) is 39.7 Å². The lowest BCUT2D eigenvalue weighted by molar-refractivity contribution is 0.0735. The van der Waals surface area contributed by atoms with E-state index >= 15 is 0 Å². The van der Waals surface area contributed by atoms with Crippen molar-refractivity contribution < 1.29 is 9.90 Å². The molecule has 136 valence electrons. The van der Waals surface area contributed by atoms with E-state index in [9.17, 15) is 9.90 Å². The minimum Gasteiger partial charge on any atom is -0.384 e. The molecule has 1 fully saturated rings. The van der Waals surface area contributed by atoms with Gasteiger partial charge in [0.15, 0.2) is 0 Å². The highest BCUT2D eigenvalue weighted by molar-refractivity contribution is 5.92. The maximum absolute atomic E-state index is 12.6. The molecule has 8 heteroatoms. The Labute approximate surface area is 147 Å². The number of rotatable bonds is 5. The second-order valence-electron chi connectivity index (χ2n) is 7.11. The lowest BCUT2D eigenvalue weighted by atomic mass is 9.90. The number of hydrogen-bond donors (Lipinski definition) is 2. The van der Waals surface area contributed by atoms with Gasteiger partial charge in [-0.3, -0.25) is 9.48 Å². The molecule has 0 radical (unpaired) electrons. The molecule has 0 aromatic carbocycles. The van der Waals surface area contributed by atoms with Gasteiger partial charge in [-0.2, -0.15) is 5.10 Å². The zero-order chi connectivity index (χ0) is 18.0. The minimum atomic E-state index is -1.03. The van der Waals surface area contributed by atoms with Crippen LogP contribution in [0.15, 0.2) is 18.5 Å². The van der Waals surface area contributed by atoms with Crippen molar-refractivity contribution >= 4 is 5.91 Å². The molecular formula is C17H26N6O2. The molecule has 2 atom stereocenters. The highest BCUT2D eigenvalue weighted by atomic mass is 16.3. The van der Waals surface area contributed by atoms with Crippen LogP contribution in [0, 0.1) is 0 Å². The topological polar surface area (TPSA) is 97.9 Å². The highest BCUT2D eigenvalue weighted by Gasteiger charge is 2.31. The fourth-order valence-corrected chi connectivity index (χ4v) is 3.34. The van der Waals surface area contributed by atoms with Crippen LogP contribution in [0.3, 0.4) is 0 Å². The Morgan fingerprint density at radius 3 is 2.84 bits per heavy atom. The fourth-order valence-electron chi connectivity index (χ4n) is 3.34. The number of aliphatic hydroxyl groups is 1. The van der Waals surface area contributed by atoms with Gasteiger partial charge in [0.05, 0.1) is 18.3 Å². The Kier molecular flexibility index (Phi) is 4.89. The van der Waals surface area contributed by atoms with Gasteiger partial charge in [-0.15, -0.1) is 5.10 Å². The van der Waals surface area contributed by atoms with Crippen LogP contribution in [0.1, 0.15) is 68.7 Å². The van der Waals surface area contributed by atoms with E-state index in [-0.39, 0.29) is 18.0 Å². The maximum atomic E-state index is 12.6. The van der Waals surface area contributed by atoms with Crippen LogP contribution in [0.2, 0.25) is 0 Å². The number of carbonyl (C=O) groups is 1.